The number of aryl methyl sites for hydroxylation is 1. The fourth-order valence-electron chi connectivity index (χ4n) is 3.44. The predicted molar refractivity (Wildman–Crippen MR) is 71.8 cm³/mol. The zero-order chi connectivity index (χ0) is 12.6. The van der Waals surface area contributed by atoms with Crippen LogP contribution < -0.4 is 4.74 Å². The number of aliphatic hydroxyl groups is 1. The first-order valence-electron chi connectivity index (χ1n) is 7.16. The van der Waals surface area contributed by atoms with Gasteiger partial charge in [-0.1, -0.05) is 24.5 Å². The van der Waals surface area contributed by atoms with E-state index in [1.807, 2.05) is 6.07 Å². The Morgan fingerprint density at radius 3 is 2.61 bits per heavy atom. The van der Waals surface area contributed by atoms with Crippen molar-refractivity contribution in [3.05, 3.63) is 29.3 Å². The van der Waals surface area contributed by atoms with Crippen LogP contribution in [0.25, 0.3) is 0 Å². The predicted octanol–water partition coefficient (Wildman–Crippen LogP) is 3.90. The van der Waals surface area contributed by atoms with Gasteiger partial charge in [0.1, 0.15) is 11.4 Å². The molecule has 2 nitrogen and oxygen atoms in total. The third kappa shape index (κ3) is 2.14. The van der Waals surface area contributed by atoms with Gasteiger partial charge in [-0.2, -0.15) is 0 Å². The second-order valence-corrected chi connectivity index (χ2v) is 5.96. The Morgan fingerprint density at radius 2 is 1.89 bits per heavy atom. The van der Waals surface area contributed by atoms with Gasteiger partial charge in [0.15, 0.2) is 0 Å². The monoisotopic (exact) mass is 246 g/mol. The summed E-state index contributed by atoms with van der Waals surface area (Å²) in [4.78, 5) is 0. The molecule has 0 amide bonds. The molecule has 1 heterocycles. The lowest BCUT2D eigenvalue weighted by Crippen LogP contribution is -2.40. The molecule has 0 unspecified atom stereocenters. The van der Waals surface area contributed by atoms with E-state index in [0.29, 0.717) is 0 Å². The van der Waals surface area contributed by atoms with Crippen LogP contribution in [0.1, 0.15) is 62.2 Å². The number of aliphatic hydroxyl groups excluding tert-OH is 1. The lowest BCUT2D eigenvalue weighted by Gasteiger charge is -2.40. The van der Waals surface area contributed by atoms with Crippen molar-refractivity contribution in [3.63, 3.8) is 0 Å². The fourth-order valence-corrected chi connectivity index (χ4v) is 3.44. The summed E-state index contributed by atoms with van der Waals surface area (Å²) in [5.41, 5.74) is 2.07. The number of benzene rings is 1. The first-order chi connectivity index (χ1) is 8.69. The van der Waals surface area contributed by atoms with Gasteiger partial charge in [-0.15, -0.1) is 0 Å². The quantitative estimate of drug-likeness (QED) is 0.752. The highest BCUT2D eigenvalue weighted by atomic mass is 16.5. The summed E-state index contributed by atoms with van der Waals surface area (Å²) in [7, 11) is 0. The molecule has 2 heteroatoms. The maximum Gasteiger partial charge on any atom is 0.125 e. The lowest BCUT2D eigenvalue weighted by atomic mass is 9.83. The lowest BCUT2D eigenvalue weighted by molar-refractivity contribution is -0.0244. The Labute approximate surface area is 109 Å². The zero-order valence-corrected chi connectivity index (χ0v) is 11.1. The average Bonchev–Trinajstić information content (AvgIpc) is 2.56. The number of fused-ring (bicyclic) bond motifs is 1. The average molecular weight is 246 g/mol. The highest BCUT2D eigenvalue weighted by Gasteiger charge is 2.40. The summed E-state index contributed by atoms with van der Waals surface area (Å²) in [6.07, 6.45) is 7.68. The molecule has 1 aliphatic carbocycles. The maximum absolute atomic E-state index is 10.4. The standard InChI is InChI=1S/C16H22O2/c1-12-6-7-15-13(10-12)14(17)11-16(18-15)8-4-2-3-5-9-16/h6-7,10,14,17H,2-5,8-9,11H2,1H3/t14-/m1/s1. The number of ether oxygens (including phenoxy) is 1. The number of rotatable bonds is 0. The zero-order valence-electron chi connectivity index (χ0n) is 11.1. The molecular weight excluding hydrogens is 224 g/mol. The summed E-state index contributed by atoms with van der Waals surface area (Å²) >= 11 is 0. The second kappa shape index (κ2) is 4.58. The smallest absolute Gasteiger partial charge is 0.125 e. The molecule has 1 spiro atoms. The molecule has 0 saturated heterocycles. The third-order valence-corrected chi connectivity index (χ3v) is 4.43. The van der Waals surface area contributed by atoms with Crippen LogP contribution in [0.2, 0.25) is 0 Å². The molecule has 0 radical (unpaired) electrons. The van der Waals surface area contributed by atoms with Crippen LogP contribution in [-0.2, 0) is 0 Å². The van der Waals surface area contributed by atoms with E-state index >= 15 is 0 Å². The van der Waals surface area contributed by atoms with Gasteiger partial charge < -0.3 is 9.84 Å². The molecule has 98 valence electrons. The Hall–Kier alpha value is -1.02. The minimum absolute atomic E-state index is 0.0990. The van der Waals surface area contributed by atoms with E-state index in [-0.39, 0.29) is 11.7 Å². The van der Waals surface area contributed by atoms with Gasteiger partial charge in [-0.05, 0) is 44.7 Å². The molecular formula is C16H22O2. The molecule has 1 fully saturated rings. The van der Waals surface area contributed by atoms with E-state index in [9.17, 15) is 5.11 Å². The largest absolute Gasteiger partial charge is 0.487 e. The summed E-state index contributed by atoms with van der Waals surface area (Å²) in [6.45, 7) is 2.06. The van der Waals surface area contributed by atoms with Crippen LogP contribution in [0.4, 0.5) is 0 Å². The molecule has 0 bridgehead atoms. The van der Waals surface area contributed by atoms with Crippen molar-refractivity contribution >= 4 is 0 Å². The molecule has 1 saturated carbocycles. The summed E-state index contributed by atoms with van der Waals surface area (Å²) in [5, 5.41) is 10.4. The van der Waals surface area contributed by atoms with Crippen LogP contribution in [0.3, 0.4) is 0 Å². The van der Waals surface area contributed by atoms with Crippen molar-refractivity contribution in [1.82, 2.24) is 0 Å². The molecule has 2 aliphatic rings. The normalized spacial score (nSPS) is 26.2. The van der Waals surface area contributed by atoms with Gasteiger partial charge in [0.05, 0.1) is 6.10 Å². The van der Waals surface area contributed by atoms with Crippen LogP contribution >= 0.6 is 0 Å². The van der Waals surface area contributed by atoms with Gasteiger partial charge in [0.25, 0.3) is 0 Å². The van der Waals surface area contributed by atoms with Crippen LogP contribution in [-0.4, -0.2) is 10.7 Å². The summed E-state index contributed by atoms with van der Waals surface area (Å²) < 4.78 is 6.31. The summed E-state index contributed by atoms with van der Waals surface area (Å²) in [5.74, 6) is 0.904. The van der Waals surface area contributed by atoms with E-state index in [4.69, 9.17) is 4.74 Å². The third-order valence-electron chi connectivity index (χ3n) is 4.43. The van der Waals surface area contributed by atoms with Crippen molar-refractivity contribution in [2.75, 3.05) is 0 Å². The SMILES string of the molecule is Cc1ccc2c(c1)[C@H](O)CC1(CCCCCC1)O2. The molecule has 1 N–H and O–H groups in total. The van der Waals surface area contributed by atoms with E-state index in [2.05, 4.69) is 19.1 Å². The number of hydrogen-bond acceptors (Lipinski definition) is 2. The highest BCUT2D eigenvalue weighted by molar-refractivity contribution is 5.40. The van der Waals surface area contributed by atoms with Crippen molar-refractivity contribution in [1.29, 1.82) is 0 Å². The van der Waals surface area contributed by atoms with Crippen molar-refractivity contribution in [3.8, 4) is 5.75 Å². The van der Waals surface area contributed by atoms with E-state index in [0.717, 1.165) is 30.6 Å². The fraction of sp³-hybridized carbons (Fsp3) is 0.625. The molecule has 1 aliphatic heterocycles. The highest BCUT2D eigenvalue weighted by Crippen LogP contribution is 2.45. The minimum atomic E-state index is -0.355. The molecule has 0 aromatic heterocycles. The van der Waals surface area contributed by atoms with Gasteiger partial charge in [-0.3, -0.25) is 0 Å². The Bertz CT molecular complexity index is 431. The molecule has 1 aromatic carbocycles. The van der Waals surface area contributed by atoms with Gasteiger partial charge >= 0.3 is 0 Å². The second-order valence-electron chi connectivity index (χ2n) is 5.96. The van der Waals surface area contributed by atoms with E-state index in [1.165, 1.54) is 31.2 Å². The number of hydrogen-bond donors (Lipinski definition) is 1. The van der Waals surface area contributed by atoms with Crippen LogP contribution in [0, 0.1) is 6.92 Å². The Morgan fingerprint density at radius 1 is 1.17 bits per heavy atom. The molecule has 1 aromatic rings. The van der Waals surface area contributed by atoms with Crippen LogP contribution in [0.5, 0.6) is 5.75 Å². The Kier molecular flexibility index (Phi) is 3.06. The first-order valence-corrected chi connectivity index (χ1v) is 7.16. The minimum Gasteiger partial charge on any atom is -0.487 e. The molecule has 1 atom stereocenters. The van der Waals surface area contributed by atoms with E-state index in [1.54, 1.807) is 0 Å². The molecule has 3 rings (SSSR count). The van der Waals surface area contributed by atoms with E-state index < -0.39 is 0 Å². The first kappa shape index (κ1) is 12.0. The van der Waals surface area contributed by atoms with Gasteiger partial charge in [-0.25, -0.2) is 0 Å². The molecule has 18 heavy (non-hydrogen) atoms. The van der Waals surface area contributed by atoms with Crippen LogP contribution in [0.15, 0.2) is 18.2 Å². The van der Waals surface area contributed by atoms with Gasteiger partial charge in [0, 0.05) is 12.0 Å². The van der Waals surface area contributed by atoms with Crippen molar-refractivity contribution < 1.29 is 9.84 Å². The Balaban J connectivity index is 1.92. The van der Waals surface area contributed by atoms with Gasteiger partial charge in [0.2, 0.25) is 0 Å². The topological polar surface area (TPSA) is 29.5 Å². The summed E-state index contributed by atoms with van der Waals surface area (Å²) in [6, 6.07) is 6.16. The van der Waals surface area contributed by atoms with Crippen molar-refractivity contribution in [2.45, 2.75) is 63.6 Å². The van der Waals surface area contributed by atoms with Crippen molar-refractivity contribution in [2.24, 2.45) is 0 Å². The maximum atomic E-state index is 10.4.